The lowest BCUT2D eigenvalue weighted by Gasteiger charge is -2.27. The fourth-order valence-corrected chi connectivity index (χ4v) is 4.12. The topological polar surface area (TPSA) is 75.7 Å². The molecule has 192 valence electrons. The highest BCUT2D eigenvalue weighted by Gasteiger charge is 2.32. The Kier molecular flexibility index (Phi) is 7.87. The number of nitrogens with zero attached hydrogens (tertiary/aromatic N) is 1. The number of hydrogen-bond acceptors (Lipinski definition) is 4. The molecule has 3 aromatic rings. The molecule has 0 aliphatic heterocycles. The van der Waals surface area contributed by atoms with E-state index < -0.39 is 44.4 Å². The van der Waals surface area contributed by atoms with Crippen LogP contribution in [-0.4, -0.2) is 25.4 Å². The molecule has 0 atom stereocenters. The predicted octanol–water partition coefficient (Wildman–Crippen LogP) is 6.19. The molecule has 0 aliphatic rings. The zero-order chi connectivity index (χ0) is 26.7. The van der Waals surface area contributed by atoms with Crippen LogP contribution in [0.1, 0.15) is 25.0 Å². The van der Waals surface area contributed by atoms with E-state index in [4.69, 9.17) is 4.18 Å². The Morgan fingerprint density at radius 1 is 0.972 bits per heavy atom. The maximum atomic E-state index is 13.5. The molecule has 2 amide bonds. The number of rotatable bonds is 7. The number of urea groups is 1. The van der Waals surface area contributed by atoms with Crippen molar-refractivity contribution >= 4 is 21.8 Å². The van der Waals surface area contributed by atoms with Gasteiger partial charge in [-0.1, -0.05) is 18.2 Å². The first-order valence-electron chi connectivity index (χ1n) is 10.5. The lowest BCUT2D eigenvalue weighted by Crippen LogP contribution is -2.39. The second-order valence-corrected chi connectivity index (χ2v) is 9.54. The lowest BCUT2D eigenvalue weighted by molar-refractivity contribution is -0.137. The van der Waals surface area contributed by atoms with Crippen molar-refractivity contribution in [1.29, 1.82) is 0 Å². The summed E-state index contributed by atoms with van der Waals surface area (Å²) >= 11 is 0. The summed E-state index contributed by atoms with van der Waals surface area (Å²) in [6.07, 6.45) is -4.73. The molecule has 0 bridgehead atoms. The van der Waals surface area contributed by atoms with E-state index in [0.717, 1.165) is 30.3 Å². The van der Waals surface area contributed by atoms with Gasteiger partial charge < -0.3 is 14.4 Å². The highest BCUT2D eigenvalue weighted by molar-refractivity contribution is 7.87. The lowest BCUT2D eigenvalue weighted by atomic mass is 10.2. The van der Waals surface area contributed by atoms with Gasteiger partial charge in [0, 0.05) is 24.3 Å². The minimum Gasteiger partial charge on any atom is -0.379 e. The van der Waals surface area contributed by atoms with Crippen LogP contribution in [0.25, 0.3) is 0 Å². The van der Waals surface area contributed by atoms with Gasteiger partial charge in [-0.25, -0.2) is 13.6 Å². The summed E-state index contributed by atoms with van der Waals surface area (Å²) in [5.74, 6) is -2.36. The average Bonchev–Trinajstić information content (AvgIpc) is 2.79. The van der Waals surface area contributed by atoms with Gasteiger partial charge in [-0.2, -0.15) is 21.6 Å². The van der Waals surface area contributed by atoms with E-state index in [1.54, 1.807) is 19.9 Å². The summed E-state index contributed by atoms with van der Waals surface area (Å²) in [5.41, 5.74) is -0.657. The van der Waals surface area contributed by atoms with Crippen LogP contribution in [0, 0.1) is 11.6 Å². The molecule has 0 saturated carbocycles. The van der Waals surface area contributed by atoms with Crippen molar-refractivity contribution in [1.82, 2.24) is 4.90 Å². The molecule has 0 saturated heterocycles. The molecular weight excluding hydrogens is 507 g/mol. The normalized spacial score (nSPS) is 11.9. The molecule has 0 heterocycles. The minimum absolute atomic E-state index is 0.0199. The highest BCUT2D eigenvalue weighted by atomic mass is 32.2. The monoisotopic (exact) mass is 528 g/mol. The van der Waals surface area contributed by atoms with Crippen molar-refractivity contribution < 1.29 is 39.3 Å². The summed E-state index contributed by atoms with van der Waals surface area (Å²) in [6.45, 7) is 3.40. The van der Waals surface area contributed by atoms with Crippen LogP contribution in [0.15, 0.2) is 71.6 Å². The van der Waals surface area contributed by atoms with Gasteiger partial charge in [0.15, 0.2) is 11.6 Å². The zero-order valence-corrected chi connectivity index (χ0v) is 19.8. The van der Waals surface area contributed by atoms with Crippen LogP contribution >= 0.6 is 0 Å². The van der Waals surface area contributed by atoms with Crippen LogP contribution in [-0.2, 0) is 22.8 Å². The number of anilines is 1. The Labute approximate surface area is 204 Å². The predicted molar refractivity (Wildman–Crippen MR) is 122 cm³/mol. The first-order valence-corrected chi connectivity index (χ1v) is 11.9. The summed E-state index contributed by atoms with van der Waals surface area (Å²) < 4.78 is 95.6. The fraction of sp³-hybridized carbons (Fsp3) is 0.208. The van der Waals surface area contributed by atoms with Crippen LogP contribution in [0.3, 0.4) is 0 Å². The third kappa shape index (κ3) is 6.72. The number of amides is 2. The van der Waals surface area contributed by atoms with Crippen molar-refractivity contribution in [2.45, 2.75) is 37.5 Å². The van der Waals surface area contributed by atoms with E-state index in [2.05, 4.69) is 5.32 Å². The van der Waals surface area contributed by atoms with Gasteiger partial charge in [-0.3, -0.25) is 0 Å². The Hall–Kier alpha value is -3.67. The number of nitrogens with one attached hydrogen (secondary N) is 1. The first-order chi connectivity index (χ1) is 16.8. The Balaban J connectivity index is 1.78. The molecule has 36 heavy (non-hydrogen) atoms. The molecule has 0 aromatic heterocycles. The van der Waals surface area contributed by atoms with Crippen molar-refractivity contribution in [3.63, 3.8) is 0 Å². The van der Waals surface area contributed by atoms with E-state index in [1.807, 2.05) is 0 Å². The SMILES string of the molecule is CC(C)N(Cc1cccc(OS(=O)(=O)c2cccc(C(F)(F)F)c2)c1)C(=O)Nc1ccc(F)c(F)c1. The van der Waals surface area contributed by atoms with Crippen LogP contribution < -0.4 is 9.50 Å². The van der Waals surface area contributed by atoms with Crippen molar-refractivity contribution in [3.8, 4) is 5.75 Å². The quantitative estimate of drug-likeness (QED) is 0.293. The van der Waals surface area contributed by atoms with Crippen molar-refractivity contribution in [2.24, 2.45) is 0 Å². The number of hydrogen-bond donors (Lipinski definition) is 1. The second kappa shape index (κ2) is 10.5. The number of carbonyl (C=O) groups excluding carboxylic acids is 1. The number of benzene rings is 3. The third-order valence-corrected chi connectivity index (χ3v) is 6.21. The summed E-state index contributed by atoms with van der Waals surface area (Å²) in [5, 5.41) is 2.46. The molecule has 12 heteroatoms. The summed E-state index contributed by atoms with van der Waals surface area (Å²) in [4.78, 5) is 13.4. The van der Waals surface area contributed by atoms with Crippen LogP contribution in [0.4, 0.5) is 32.4 Å². The van der Waals surface area contributed by atoms with Gasteiger partial charge in [-0.05, 0) is 61.9 Å². The van der Waals surface area contributed by atoms with Gasteiger partial charge in [0.1, 0.15) is 10.6 Å². The first kappa shape index (κ1) is 26.9. The molecule has 3 rings (SSSR count). The van der Waals surface area contributed by atoms with Crippen molar-refractivity contribution in [2.75, 3.05) is 5.32 Å². The van der Waals surface area contributed by atoms with Gasteiger partial charge in [-0.15, -0.1) is 0 Å². The van der Waals surface area contributed by atoms with Gasteiger partial charge in [0.25, 0.3) is 0 Å². The largest absolute Gasteiger partial charge is 0.416 e. The maximum Gasteiger partial charge on any atom is 0.416 e. The Morgan fingerprint density at radius 2 is 1.67 bits per heavy atom. The average molecular weight is 528 g/mol. The third-order valence-electron chi connectivity index (χ3n) is 4.96. The zero-order valence-electron chi connectivity index (χ0n) is 19.0. The highest BCUT2D eigenvalue weighted by Crippen LogP contribution is 2.31. The van der Waals surface area contributed by atoms with E-state index in [0.29, 0.717) is 11.6 Å². The number of halogens is 5. The second-order valence-electron chi connectivity index (χ2n) is 7.99. The molecule has 1 N–H and O–H groups in total. The summed E-state index contributed by atoms with van der Waals surface area (Å²) in [7, 11) is -4.58. The Morgan fingerprint density at radius 3 is 2.31 bits per heavy atom. The standard InChI is InChI=1S/C24H21F5N2O4S/c1-15(2)31(23(32)30-18-9-10-21(25)22(26)13-18)14-16-5-3-7-19(11-16)35-36(33,34)20-8-4-6-17(12-20)24(27,28)29/h3-13,15H,14H2,1-2H3,(H,30,32). The van der Waals surface area contributed by atoms with Gasteiger partial charge in [0.05, 0.1) is 5.56 Å². The molecular formula is C24H21F5N2O4S. The van der Waals surface area contributed by atoms with Crippen LogP contribution in [0.2, 0.25) is 0 Å². The van der Waals surface area contributed by atoms with Gasteiger partial charge >= 0.3 is 22.3 Å². The number of carbonyl (C=O) groups is 1. The smallest absolute Gasteiger partial charge is 0.379 e. The summed E-state index contributed by atoms with van der Waals surface area (Å²) in [6, 6.07) is 10.8. The molecule has 0 radical (unpaired) electrons. The van der Waals surface area contributed by atoms with Gasteiger partial charge in [0.2, 0.25) is 0 Å². The van der Waals surface area contributed by atoms with E-state index in [9.17, 15) is 35.2 Å². The Bertz CT molecular complexity index is 1360. The molecule has 0 unspecified atom stereocenters. The molecule has 0 aliphatic carbocycles. The molecule has 6 nitrogen and oxygen atoms in total. The van der Waals surface area contributed by atoms with Crippen molar-refractivity contribution in [3.05, 3.63) is 89.5 Å². The van der Waals surface area contributed by atoms with E-state index in [1.165, 1.54) is 29.2 Å². The molecule has 0 fully saturated rings. The van der Waals surface area contributed by atoms with Crippen LogP contribution in [0.5, 0.6) is 5.75 Å². The minimum atomic E-state index is -4.73. The molecule has 0 spiro atoms. The number of alkyl halides is 3. The molecule has 3 aromatic carbocycles. The van der Waals surface area contributed by atoms with E-state index in [-0.39, 0.29) is 24.0 Å². The van der Waals surface area contributed by atoms with E-state index >= 15 is 0 Å². The maximum absolute atomic E-state index is 13.5. The fourth-order valence-electron chi connectivity index (χ4n) is 3.15.